The fraction of sp³-hybridized carbons (Fsp3) is 0.300. The van der Waals surface area contributed by atoms with Crippen molar-refractivity contribution in [2.45, 2.75) is 36.4 Å². The molecule has 1 amide bonds. The van der Waals surface area contributed by atoms with Gasteiger partial charge in [-0.2, -0.15) is 4.31 Å². The number of benzene rings is 1. The van der Waals surface area contributed by atoms with Crippen LogP contribution in [0.15, 0.2) is 46.0 Å². The number of amides is 1. The van der Waals surface area contributed by atoms with Crippen LogP contribution in [0.5, 0.6) is 0 Å². The van der Waals surface area contributed by atoms with Crippen molar-refractivity contribution >= 4 is 55.3 Å². The van der Waals surface area contributed by atoms with Gasteiger partial charge in [0.05, 0.1) is 10.0 Å². The summed E-state index contributed by atoms with van der Waals surface area (Å²) in [5, 5.41) is 5.13. The number of aryl methyl sites for hydroxylation is 1. The molecule has 10 heteroatoms. The number of hydrogen-bond acceptors (Lipinski definition) is 6. The van der Waals surface area contributed by atoms with E-state index in [4.69, 9.17) is 11.6 Å². The third-order valence-electron chi connectivity index (χ3n) is 5.01. The van der Waals surface area contributed by atoms with Crippen LogP contribution in [0.1, 0.15) is 25.3 Å². The minimum atomic E-state index is -3.76. The molecule has 0 radical (unpaired) electrons. The molecule has 1 aliphatic rings. The monoisotopic (exact) mass is 481 g/mol. The smallest absolute Gasteiger partial charge is 0.253 e. The predicted molar refractivity (Wildman–Crippen MR) is 122 cm³/mol. The Hall–Kier alpha value is -1.78. The highest BCUT2D eigenvalue weighted by molar-refractivity contribution is 7.91. The van der Waals surface area contributed by atoms with Gasteiger partial charge in [0.25, 0.3) is 10.0 Å². The maximum atomic E-state index is 12.9. The van der Waals surface area contributed by atoms with Crippen molar-refractivity contribution in [1.82, 2.24) is 9.29 Å². The summed E-state index contributed by atoms with van der Waals surface area (Å²) in [6.45, 7) is 2.41. The molecule has 1 atom stereocenters. The van der Waals surface area contributed by atoms with Crippen molar-refractivity contribution in [1.29, 1.82) is 0 Å². The van der Waals surface area contributed by atoms with Crippen LogP contribution in [0.4, 0.5) is 5.13 Å². The number of carbonyl (C=O) groups excluding carboxylic acids is 1. The minimum absolute atomic E-state index is 0.152. The molecule has 2 aromatic heterocycles. The van der Waals surface area contributed by atoms with Gasteiger partial charge in [-0.3, -0.25) is 4.79 Å². The molecular formula is C20H20ClN3O3S3. The van der Waals surface area contributed by atoms with Crippen molar-refractivity contribution in [3.05, 3.63) is 51.7 Å². The average Bonchev–Trinajstić information content (AvgIpc) is 3.48. The summed E-state index contributed by atoms with van der Waals surface area (Å²) in [6.07, 6.45) is 2.07. The lowest BCUT2D eigenvalue weighted by Crippen LogP contribution is -2.42. The van der Waals surface area contributed by atoms with Gasteiger partial charge in [-0.1, -0.05) is 42.8 Å². The number of nitrogens with one attached hydrogen (secondary N) is 1. The van der Waals surface area contributed by atoms with E-state index in [1.54, 1.807) is 6.07 Å². The van der Waals surface area contributed by atoms with Gasteiger partial charge in [-0.05, 0) is 37.0 Å². The van der Waals surface area contributed by atoms with Crippen molar-refractivity contribution in [2.24, 2.45) is 0 Å². The fourth-order valence-corrected chi connectivity index (χ4v) is 7.40. The zero-order chi connectivity index (χ0) is 21.3. The van der Waals surface area contributed by atoms with E-state index in [9.17, 15) is 13.2 Å². The van der Waals surface area contributed by atoms with Crippen LogP contribution in [-0.4, -0.2) is 36.2 Å². The fourth-order valence-electron chi connectivity index (χ4n) is 3.41. The molecule has 1 aliphatic heterocycles. The largest absolute Gasteiger partial charge is 0.301 e. The van der Waals surface area contributed by atoms with E-state index in [1.165, 1.54) is 27.3 Å². The van der Waals surface area contributed by atoms with E-state index in [-0.39, 0.29) is 10.1 Å². The van der Waals surface area contributed by atoms with E-state index < -0.39 is 16.1 Å². The van der Waals surface area contributed by atoms with Gasteiger partial charge in [0.15, 0.2) is 5.13 Å². The molecule has 3 heterocycles. The lowest BCUT2D eigenvalue weighted by Gasteiger charge is -2.22. The minimum Gasteiger partial charge on any atom is -0.301 e. The van der Waals surface area contributed by atoms with Crippen LogP contribution in [0.3, 0.4) is 0 Å². The number of nitrogens with zero attached hydrogens (tertiary/aromatic N) is 2. The summed E-state index contributed by atoms with van der Waals surface area (Å²) >= 11 is 8.22. The SMILES string of the molecule is CCc1ccc(-c2csc(NC(=O)C3CCCN3S(=O)(=O)c3ccc(Cl)s3)n2)cc1. The Labute approximate surface area is 188 Å². The Kier molecular flexibility index (Phi) is 6.26. The molecule has 1 fully saturated rings. The van der Waals surface area contributed by atoms with Crippen LogP contribution < -0.4 is 5.32 Å². The summed E-state index contributed by atoms with van der Waals surface area (Å²) in [6, 6.07) is 10.4. The summed E-state index contributed by atoms with van der Waals surface area (Å²) in [7, 11) is -3.76. The first kappa shape index (κ1) is 21.5. The van der Waals surface area contributed by atoms with Crippen LogP contribution in [0, 0.1) is 0 Å². The Morgan fingerprint density at radius 2 is 2.03 bits per heavy atom. The number of hydrogen-bond donors (Lipinski definition) is 1. The second kappa shape index (κ2) is 8.76. The number of thiazole rings is 1. The molecule has 1 aromatic carbocycles. The predicted octanol–water partition coefficient (Wildman–Crippen LogP) is 4.88. The Balaban J connectivity index is 1.49. The third-order valence-corrected chi connectivity index (χ3v) is 9.37. The second-order valence-electron chi connectivity index (χ2n) is 6.91. The molecule has 6 nitrogen and oxygen atoms in total. The number of sulfonamides is 1. The number of halogens is 1. The molecular weight excluding hydrogens is 462 g/mol. The second-order valence-corrected chi connectivity index (χ2v) is 11.6. The van der Waals surface area contributed by atoms with Crippen molar-refractivity contribution in [3.63, 3.8) is 0 Å². The highest BCUT2D eigenvalue weighted by atomic mass is 35.5. The van der Waals surface area contributed by atoms with Crippen LogP contribution >= 0.6 is 34.3 Å². The number of aromatic nitrogens is 1. The molecule has 1 saturated heterocycles. The Morgan fingerprint density at radius 1 is 1.27 bits per heavy atom. The highest BCUT2D eigenvalue weighted by Crippen LogP contribution is 2.33. The van der Waals surface area contributed by atoms with Gasteiger partial charge in [0, 0.05) is 17.5 Å². The van der Waals surface area contributed by atoms with E-state index in [1.807, 2.05) is 17.5 Å². The maximum absolute atomic E-state index is 12.9. The summed E-state index contributed by atoms with van der Waals surface area (Å²) < 4.78 is 27.7. The maximum Gasteiger partial charge on any atom is 0.253 e. The van der Waals surface area contributed by atoms with Crippen molar-refractivity contribution in [2.75, 3.05) is 11.9 Å². The van der Waals surface area contributed by atoms with E-state index in [0.29, 0.717) is 28.9 Å². The Morgan fingerprint density at radius 3 is 2.70 bits per heavy atom. The normalized spacial score (nSPS) is 17.3. The van der Waals surface area contributed by atoms with E-state index >= 15 is 0 Å². The molecule has 0 bridgehead atoms. The first-order valence-corrected chi connectivity index (χ1v) is 13.0. The van der Waals surface area contributed by atoms with Gasteiger partial charge in [-0.25, -0.2) is 13.4 Å². The molecule has 4 rings (SSSR count). The first-order valence-electron chi connectivity index (χ1n) is 9.51. The number of rotatable bonds is 6. The third kappa shape index (κ3) is 4.31. The molecule has 1 unspecified atom stereocenters. The topological polar surface area (TPSA) is 79.4 Å². The average molecular weight is 482 g/mol. The molecule has 0 aliphatic carbocycles. The lowest BCUT2D eigenvalue weighted by molar-refractivity contribution is -0.119. The van der Waals surface area contributed by atoms with Gasteiger partial charge >= 0.3 is 0 Å². The summed E-state index contributed by atoms with van der Waals surface area (Å²) in [5.74, 6) is -0.360. The molecule has 3 aromatic rings. The summed E-state index contributed by atoms with van der Waals surface area (Å²) in [5.41, 5.74) is 3.00. The van der Waals surface area contributed by atoms with E-state index in [2.05, 4.69) is 29.4 Å². The molecule has 30 heavy (non-hydrogen) atoms. The Bertz CT molecular complexity index is 1160. The van der Waals surface area contributed by atoms with Crippen molar-refractivity contribution < 1.29 is 13.2 Å². The zero-order valence-electron chi connectivity index (χ0n) is 16.2. The van der Waals surface area contributed by atoms with Gasteiger partial charge < -0.3 is 5.32 Å². The molecule has 0 saturated carbocycles. The van der Waals surface area contributed by atoms with Gasteiger partial charge in [-0.15, -0.1) is 22.7 Å². The van der Waals surface area contributed by atoms with Gasteiger partial charge in [0.1, 0.15) is 10.3 Å². The number of thiophene rings is 1. The molecule has 158 valence electrons. The quantitative estimate of drug-likeness (QED) is 0.544. The first-order chi connectivity index (χ1) is 14.4. The molecule has 1 N–H and O–H groups in total. The van der Waals surface area contributed by atoms with Crippen molar-refractivity contribution in [3.8, 4) is 11.3 Å². The van der Waals surface area contributed by atoms with Crippen LogP contribution in [0.2, 0.25) is 4.34 Å². The van der Waals surface area contributed by atoms with Gasteiger partial charge in [0.2, 0.25) is 5.91 Å². The van der Waals surface area contributed by atoms with E-state index in [0.717, 1.165) is 29.0 Å². The number of carbonyl (C=O) groups is 1. The standard InChI is InChI=1S/C20H20ClN3O3S3/c1-2-13-5-7-14(8-6-13)15-12-28-20(22-15)23-19(25)16-4-3-11-24(16)30(26,27)18-10-9-17(21)29-18/h5-10,12,16H,2-4,11H2,1H3,(H,22,23,25). The molecule has 0 spiro atoms. The lowest BCUT2D eigenvalue weighted by atomic mass is 10.1. The number of anilines is 1. The zero-order valence-corrected chi connectivity index (χ0v) is 19.4. The van der Waals surface area contributed by atoms with Crippen LogP contribution in [-0.2, 0) is 21.2 Å². The highest BCUT2D eigenvalue weighted by Gasteiger charge is 2.40. The summed E-state index contributed by atoms with van der Waals surface area (Å²) in [4.78, 5) is 17.4. The van der Waals surface area contributed by atoms with Crippen LogP contribution in [0.25, 0.3) is 11.3 Å².